The van der Waals surface area contributed by atoms with Crippen LogP contribution in [0.1, 0.15) is 16.1 Å². The van der Waals surface area contributed by atoms with E-state index in [4.69, 9.17) is 11.6 Å². The molecule has 1 amide bonds. The van der Waals surface area contributed by atoms with Crippen LogP contribution >= 0.6 is 22.9 Å². The van der Waals surface area contributed by atoms with Gasteiger partial charge in [-0.2, -0.15) is 0 Å². The maximum atomic E-state index is 13.8. The van der Waals surface area contributed by atoms with Crippen LogP contribution in [-0.4, -0.2) is 24.3 Å². The zero-order valence-corrected chi connectivity index (χ0v) is 15.4. The number of carbonyl (C=O) groups is 1. The van der Waals surface area contributed by atoms with E-state index in [0.717, 1.165) is 23.6 Å². The lowest BCUT2D eigenvalue weighted by molar-refractivity contribution is 0.102. The van der Waals surface area contributed by atoms with E-state index < -0.39 is 27.3 Å². The van der Waals surface area contributed by atoms with E-state index in [1.807, 2.05) is 0 Å². The Hall–Kier alpha value is -2.36. The van der Waals surface area contributed by atoms with E-state index in [2.05, 4.69) is 15.3 Å². The quantitative estimate of drug-likeness (QED) is 0.693. The Bertz CT molecular complexity index is 1060. The number of nitrogens with one attached hydrogen (secondary N) is 1. The van der Waals surface area contributed by atoms with Gasteiger partial charge in [0.15, 0.2) is 15.0 Å². The van der Waals surface area contributed by atoms with Gasteiger partial charge in [-0.3, -0.25) is 15.1 Å². The Morgan fingerprint density at radius 2 is 2.04 bits per heavy atom. The Morgan fingerprint density at radius 3 is 2.73 bits per heavy atom. The largest absolute Gasteiger partial charge is 0.296 e. The molecule has 0 aliphatic rings. The average molecular weight is 412 g/mol. The number of halogens is 2. The van der Waals surface area contributed by atoms with Crippen molar-refractivity contribution in [2.45, 2.75) is 9.96 Å². The van der Waals surface area contributed by atoms with Crippen LogP contribution in [0.15, 0.2) is 53.0 Å². The summed E-state index contributed by atoms with van der Waals surface area (Å²) in [7, 11) is -3.82. The molecule has 6 nitrogen and oxygen atoms in total. The first kappa shape index (κ1) is 18.4. The van der Waals surface area contributed by atoms with E-state index in [1.165, 1.54) is 24.4 Å². The fourth-order valence-corrected chi connectivity index (χ4v) is 4.66. The van der Waals surface area contributed by atoms with Crippen molar-refractivity contribution in [3.8, 4) is 0 Å². The predicted molar refractivity (Wildman–Crippen MR) is 96.6 cm³/mol. The van der Waals surface area contributed by atoms with Crippen molar-refractivity contribution in [1.29, 1.82) is 0 Å². The number of aromatic nitrogens is 2. The van der Waals surface area contributed by atoms with Crippen molar-refractivity contribution < 1.29 is 17.6 Å². The minimum atomic E-state index is -3.82. The van der Waals surface area contributed by atoms with Crippen molar-refractivity contribution in [2.75, 3.05) is 5.32 Å². The van der Waals surface area contributed by atoms with Crippen LogP contribution in [0.25, 0.3) is 0 Å². The van der Waals surface area contributed by atoms with Crippen LogP contribution in [0.3, 0.4) is 0 Å². The van der Waals surface area contributed by atoms with Crippen molar-refractivity contribution in [1.82, 2.24) is 9.97 Å². The number of nitrogens with zero attached hydrogens (tertiary/aromatic N) is 2. The molecular formula is C16H11ClFN3O3S2. The van der Waals surface area contributed by atoms with E-state index >= 15 is 0 Å². The summed E-state index contributed by atoms with van der Waals surface area (Å²) in [6.07, 6.45) is 2.59. The molecule has 10 heteroatoms. The van der Waals surface area contributed by atoms with Gasteiger partial charge in [-0.05, 0) is 24.3 Å². The molecule has 134 valence electrons. The molecule has 0 atom stereocenters. The average Bonchev–Trinajstić information content (AvgIpc) is 3.08. The highest BCUT2D eigenvalue weighted by molar-refractivity contribution is 7.92. The molecule has 0 saturated heterocycles. The summed E-state index contributed by atoms with van der Waals surface area (Å²) >= 11 is 6.45. The minimum Gasteiger partial charge on any atom is -0.296 e. The topological polar surface area (TPSA) is 89.0 Å². The lowest BCUT2D eigenvalue weighted by atomic mass is 10.2. The number of thiazole rings is 1. The van der Waals surface area contributed by atoms with Gasteiger partial charge in [0.05, 0.1) is 11.9 Å². The number of amides is 1. The molecule has 1 aromatic carbocycles. The van der Waals surface area contributed by atoms with Crippen LogP contribution in [-0.2, 0) is 15.6 Å². The Morgan fingerprint density at radius 1 is 1.23 bits per heavy atom. The van der Waals surface area contributed by atoms with Gasteiger partial charge in [0.1, 0.15) is 15.7 Å². The highest BCUT2D eigenvalue weighted by Gasteiger charge is 2.21. The van der Waals surface area contributed by atoms with Gasteiger partial charge in [-0.15, -0.1) is 0 Å². The predicted octanol–water partition coefficient (Wildman–Crippen LogP) is 3.56. The summed E-state index contributed by atoms with van der Waals surface area (Å²) in [5.41, 5.74) is 0.178. The van der Waals surface area contributed by atoms with E-state index in [9.17, 15) is 17.6 Å². The number of rotatable bonds is 5. The lowest BCUT2D eigenvalue weighted by Gasteiger charge is -2.04. The monoisotopic (exact) mass is 411 g/mol. The SMILES string of the molecule is O=C(Nc1ncc(S(=O)(=O)Cc2ccc(Cl)cc2F)s1)c1ccccn1. The molecule has 0 radical (unpaired) electrons. The maximum absolute atomic E-state index is 13.8. The van der Waals surface area contributed by atoms with Crippen molar-refractivity contribution in [2.24, 2.45) is 0 Å². The van der Waals surface area contributed by atoms with Crippen LogP contribution in [0.2, 0.25) is 5.02 Å². The molecule has 0 bridgehead atoms. The normalized spacial score (nSPS) is 11.3. The summed E-state index contributed by atoms with van der Waals surface area (Å²) in [4.78, 5) is 19.8. The highest BCUT2D eigenvalue weighted by Crippen LogP contribution is 2.27. The highest BCUT2D eigenvalue weighted by atomic mass is 35.5. The first-order chi connectivity index (χ1) is 12.3. The van der Waals surface area contributed by atoms with Gasteiger partial charge >= 0.3 is 0 Å². The third-order valence-electron chi connectivity index (χ3n) is 3.27. The van der Waals surface area contributed by atoms with Crippen molar-refractivity contribution in [3.63, 3.8) is 0 Å². The molecule has 0 unspecified atom stereocenters. The van der Waals surface area contributed by atoms with Gasteiger partial charge in [0, 0.05) is 16.8 Å². The summed E-state index contributed by atoms with van der Waals surface area (Å²) in [5, 5.41) is 2.77. The van der Waals surface area contributed by atoms with Crippen LogP contribution in [0.4, 0.5) is 9.52 Å². The third kappa shape index (κ3) is 4.24. The number of benzene rings is 1. The number of pyridine rings is 1. The van der Waals surface area contributed by atoms with E-state index in [1.54, 1.807) is 12.1 Å². The van der Waals surface area contributed by atoms with Crippen molar-refractivity contribution in [3.05, 3.63) is 70.9 Å². The van der Waals surface area contributed by atoms with Gasteiger partial charge in [-0.1, -0.05) is 35.1 Å². The molecule has 2 aromatic heterocycles. The van der Waals surface area contributed by atoms with Crippen LogP contribution < -0.4 is 5.32 Å². The summed E-state index contributed by atoms with van der Waals surface area (Å²) in [5.74, 6) is -1.74. The molecule has 0 aliphatic carbocycles. The minimum absolute atomic E-state index is 0.00173. The molecule has 0 spiro atoms. The second-order valence-electron chi connectivity index (χ2n) is 5.15. The molecular weight excluding hydrogens is 401 g/mol. The standard InChI is InChI=1S/C16H11ClFN3O3S2/c17-11-5-4-10(12(18)7-11)9-26(23,24)14-8-20-16(25-14)21-15(22)13-3-1-2-6-19-13/h1-8H,9H2,(H,20,21,22). The zero-order chi connectivity index (χ0) is 18.7. The molecule has 26 heavy (non-hydrogen) atoms. The van der Waals surface area contributed by atoms with E-state index in [-0.39, 0.29) is 25.6 Å². The Balaban J connectivity index is 1.77. The second kappa shape index (κ2) is 7.48. The van der Waals surface area contributed by atoms with Crippen LogP contribution in [0, 0.1) is 5.82 Å². The van der Waals surface area contributed by atoms with E-state index in [0.29, 0.717) is 0 Å². The lowest BCUT2D eigenvalue weighted by Crippen LogP contribution is -2.12. The number of hydrogen-bond donors (Lipinski definition) is 1. The van der Waals surface area contributed by atoms with Gasteiger partial charge in [0.25, 0.3) is 5.91 Å². The van der Waals surface area contributed by atoms with Gasteiger partial charge in [0.2, 0.25) is 0 Å². The number of hydrogen-bond acceptors (Lipinski definition) is 6. The number of anilines is 1. The molecule has 3 rings (SSSR count). The Kier molecular flexibility index (Phi) is 5.30. The smallest absolute Gasteiger partial charge is 0.276 e. The number of sulfone groups is 1. The summed E-state index contributed by atoms with van der Waals surface area (Å²) in [6.45, 7) is 0. The zero-order valence-electron chi connectivity index (χ0n) is 13.0. The first-order valence-corrected chi connectivity index (χ1v) is 10.0. The molecule has 0 aliphatic heterocycles. The molecule has 0 saturated carbocycles. The second-order valence-corrected chi connectivity index (χ2v) is 8.83. The number of carbonyl (C=O) groups excluding carboxylic acids is 1. The summed E-state index contributed by atoms with van der Waals surface area (Å²) in [6, 6.07) is 8.63. The van der Waals surface area contributed by atoms with Gasteiger partial charge < -0.3 is 0 Å². The third-order valence-corrected chi connectivity index (χ3v) is 6.63. The first-order valence-electron chi connectivity index (χ1n) is 7.20. The Labute approximate surface area is 157 Å². The summed E-state index contributed by atoms with van der Waals surface area (Å²) < 4.78 is 38.7. The molecule has 0 fully saturated rings. The van der Waals surface area contributed by atoms with Crippen LogP contribution in [0.5, 0.6) is 0 Å². The molecule has 1 N–H and O–H groups in total. The molecule has 3 aromatic rings. The van der Waals surface area contributed by atoms with Crippen molar-refractivity contribution >= 4 is 43.8 Å². The fraction of sp³-hybridized carbons (Fsp3) is 0.0625. The fourth-order valence-electron chi connectivity index (χ4n) is 2.03. The molecule has 2 heterocycles. The maximum Gasteiger partial charge on any atom is 0.276 e. The van der Waals surface area contributed by atoms with Gasteiger partial charge in [-0.25, -0.2) is 17.8 Å².